The monoisotopic (exact) mass is 208 g/mol. The molecule has 0 amide bonds. The van der Waals surface area contributed by atoms with Gasteiger partial charge in [-0.3, -0.25) is 5.32 Å². The highest BCUT2D eigenvalue weighted by atomic mass is 19.4. The lowest BCUT2D eigenvalue weighted by Crippen LogP contribution is -2.36. The van der Waals surface area contributed by atoms with Gasteiger partial charge >= 0.3 is 6.18 Å². The lowest BCUT2D eigenvalue weighted by molar-refractivity contribution is -0.125. The maximum Gasteiger partial charge on any atom is 0.401 e. The average Bonchev–Trinajstić information content (AvgIpc) is 2.09. The highest BCUT2D eigenvalue weighted by molar-refractivity contribution is 4.89. The summed E-state index contributed by atoms with van der Waals surface area (Å²) in [5.74, 6) is 0. The third-order valence-corrected chi connectivity index (χ3v) is 1.80. The summed E-state index contributed by atoms with van der Waals surface area (Å²) in [5.41, 5.74) is 0. The van der Waals surface area contributed by atoms with E-state index < -0.39 is 18.8 Å². The largest absolute Gasteiger partial charge is 0.401 e. The summed E-state index contributed by atoms with van der Waals surface area (Å²) in [7, 11) is 0. The standard InChI is InChI=1S/C9H15F3N2/c1-2-3-4-5-8(6-13)14-7-9(10,11)12/h8,14H,2-5,7H2,1H3. The third kappa shape index (κ3) is 7.87. The Hall–Kier alpha value is -0.760. The normalized spacial score (nSPS) is 13.6. The zero-order chi connectivity index (χ0) is 11.0. The number of hydrogen-bond acceptors (Lipinski definition) is 2. The van der Waals surface area contributed by atoms with Crippen molar-refractivity contribution in [3.63, 3.8) is 0 Å². The van der Waals surface area contributed by atoms with Gasteiger partial charge in [-0.25, -0.2) is 0 Å². The second-order valence-electron chi connectivity index (χ2n) is 3.17. The van der Waals surface area contributed by atoms with E-state index in [0.717, 1.165) is 19.3 Å². The van der Waals surface area contributed by atoms with Gasteiger partial charge in [0.15, 0.2) is 0 Å². The highest BCUT2D eigenvalue weighted by Crippen LogP contribution is 2.13. The Bertz CT molecular complexity index is 183. The van der Waals surface area contributed by atoms with Crippen LogP contribution in [-0.4, -0.2) is 18.8 Å². The number of hydrogen-bond donors (Lipinski definition) is 1. The molecular formula is C9H15F3N2. The van der Waals surface area contributed by atoms with Crippen molar-refractivity contribution in [2.24, 2.45) is 0 Å². The Morgan fingerprint density at radius 1 is 1.36 bits per heavy atom. The first-order valence-corrected chi connectivity index (χ1v) is 4.69. The van der Waals surface area contributed by atoms with E-state index in [9.17, 15) is 13.2 Å². The Morgan fingerprint density at radius 3 is 2.43 bits per heavy atom. The minimum Gasteiger partial charge on any atom is -0.294 e. The van der Waals surface area contributed by atoms with Gasteiger partial charge in [-0.2, -0.15) is 18.4 Å². The molecule has 0 saturated carbocycles. The molecule has 0 fully saturated rings. The van der Waals surface area contributed by atoms with Crippen LogP contribution in [0, 0.1) is 11.3 Å². The zero-order valence-electron chi connectivity index (χ0n) is 8.19. The van der Waals surface area contributed by atoms with Crippen LogP contribution in [0.2, 0.25) is 0 Å². The molecule has 2 nitrogen and oxygen atoms in total. The molecule has 0 bridgehead atoms. The molecule has 1 unspecified atom stereocenters. The van der Waals surface area contributed by atoms with Gasteiger partial charge < -0.3 is 0 Å². The summed E-state index contributed by atoms with van der Waals surface area (Å²) < 4.78 is 35.3. The first-order valence-electron chi connectivity index (χ1n) is 4.69. The summed E-state index contributed by atoms with van der Waals surface area (Å²) in [6.45, 7) is 0.919. The molecule has 1 N–H and O–H groups in total. The predicted octanol–water partition coefficient (Wildman–Crippen LogP) is 2.61. The molecule has 0 aromatic carbocycles. The number of nitrogens with zero attached hydrogens (tertiary/aromatic N) is 1. The lowest BCUT2D eigenvalue weighted by Gasteiger charge is -2.12. The van der Waals surface area contributed by atoms with Gasteiger partial charge in [-0.05, 0) is 6.42 Å². The second kappa shape index (κ2) is 6.66. The first-order chi connectivity index (χ1) is 6.49. The lowest BCUT2D eigenvalue weighted by atomic mass is 10.1. The zero-order valence-corrected chi connectivity index (χ0v) is 8.19. The summed E-state index contributed by atoms with van der Waals surface area (Å²) >= 11 is 0. The summed E-state index contributed by atoms with van der Waals surface area (Å²) in [6.07, 6.45) is -1.01. The van der Waals surface area contributed by atoms with Crippen LogP contribution in [0.4, 0.5) is 13.2 Å². The van der Waals surface area contributed by atoms with Crippen molar-refractivity contribution in [1.82, 2.24) is 5.32 Å². The summed E-state index contributed by atoms with van der Waals surface area (Å²) in [6, 6.07) is 1.14. The van der Waals surface area contributed by atoms with Gasteiger partial charge in [0.2, 0.25) is 0 Å². The molecular weight excluding hydrogens is 193 g/mol. The molecule has 0 heterocycles. The van der Waals surface area contributed by atoms with Crippen molar-refractivity contribution in [3.8, 4) is 6.07 Å². The fourth-order valence-electron chi connectivity index (χ4n) is 1.05. The van der Waals surface area contributed by atoms with Crippen LogP contribution < -0.4 is 5.32 Å². The van der Waals surface area contributed by atoms with Gasteiger partial charge in [-0.1, -0.05) is 26.2 Å². The summed E-state index contributed by atoms with van der Waals surface area (Å²) in [4.78, 5) is 0. The van der Waals surface area contributed by atoms with Crippen molar-refractivity contribution in [2.75, 3.05) is 6.54 Å². The average molecular weight is 208 g/mol. The highest BCUT2D eigenvalue weighted by Gasteiger charge is 2.27. The Morgan fingerprint density at radius 2 is 2.00 bits per heavy atom. The number of rotatable bonds is 6. The molecule has 0 spiro atoms. The molecule has 0 aliphatic rings. The van der Waals surface area contributed by atoms with Crippen molar-refractivity contribution < 1.29 is 13.2 Å². The minimum atomic E-state index is -4.24. The van der Waals surface area contributed by atoms with E-state index in [4.69, 9.17) is 5.26 Å². The number of nitrogens with one attached hydrogen (secondary N) is 1. The molecule has 0 radical (unpaired) electrons. The third-order valence-electron chi connectivity index (χ3n) is 1.80. The van der Waals surface area contributed by atoms with E-state index in [1.165, 1.54) is 0 Å². The molecule has 0 rings (SSSR count). The molecule has 0 aliphatic carbocycles. The van der Waals surface area contributed by atoms with Crippen LogP contribution >= 0.6 is 0 Å². The molecule has 0 aromatic rings. The molecule has 5 heteroatoms. The topological polar surface area (TPSA) is 35.8 Å². The fraction of sp³-hybridized carbons (Fsp3) is 0.889. The van der Waals surface area contributed by atoms with E-state index in [1.54, 1.807) is 0 Å². The quantitative estimate of drug-likeness (QED) is 0.681. The van der Waals surface area contributed by atoms with Crippen molar-refractivity contribution >= 4 is 0 Å². The van der Waals surface area contributed by atoms with Gasteiger partial charge in [0.05, 0.1) is 18.7 Å². The van der Waals surface area contributed by atoms with Crippen LogP contribution in [0.1, 0.15) is 32.6 Å². The first kappa shape index (κ1) is 13.2. The smallest absolute Gasteiger partial charge is 0.294 e. The maximum absolute atomic E-state index is 11.8. The fourth-order valence-corrected chi connectivity index (χ4v) is 1.05. The molecule has 0 aliphatic heterocycles. The van der Waals surface area contributed by atoms with E-state index in [1.807, 2.05) is 13.0 Å². The molecule has 0 aromatic heterocycles. The Labute approximate surface area is 82.1 Å². The number of nitriles is 1. The maximum atomic E-state index is 11.8. The van der Waals surface area contributed by atoms with Gasteiger partial charge in [0, 0.05) is 0 Å². The molecule has 14 heavy (non-hydrogen) atoms. The van der Waals surface area contributed by atoms with Crippen molar-refractivity contribution in [3.05, 3.63) is 0 Å². The van der Waals surface area contributed by atoms with Crippen LogP contribution in [0.5, 0.6) is 0 Å². The van der Waals surface area contributed by atoms with E-state index in [2.05, 4.69) is 5.32 Å². The van der Waals surface area contributed by atoms with Crippen molar-refractivity contribution in [1.29, 1.82) is 5.26 Å². The minimum absolute atomic E-state index is 0.487. The number of halogens is 3. The predicted molar refractivity (Wildman–Crippen MR) is 47.6 cm³/mol. The van der Waals surface area contributed by atoms with E-state index in [0.29, 0.717) is 6.42 Å². The molecule has 1 atom stereocenters. The van der Waals surface area contributed by atoms with Gasteiger partial charge in [0.1, 0.15) is 0 Å². The Kier molecular flexibility index (Phi) is 6.30. The Balaban J connectivity index is 3.65. The van der Waals surface area contributed by atoms with Gasteiger partial charge in [0.25, 0.3) is 0 Å². The van der Waals surface area contributed by atoms with E-state index in [-0.39, 0.29) is 0 Å². The number of alkyl halides is 3. The van der Waals surface area contributed by atoms with Gasteiger partial charge in [-0.15, -0.1) is 0 Å². The van der Waals surface area contributed by atoms with E-state index >= 15 is 0 Å². The van der Waals surface area contributed by atoms with Crippen LogP contribution in [-0.2, 0) is 0 Å². The van der Waals surface area contributed by atoms with Crippen LogP contribution in [0.15, 0.2) is 0 Å². The second-order valence-corrected chi connectivity index (χ2v) is 3.17. The SMILES string of the molecule is CCCCCC(C#N)NCC(F)(F)F. The van der Waals surface area contributed by atoms with Crippen molar-refractivity contribution in [2.45, 2.75) is 44.8 Å². The molecule has 82 valence electrons. The van der Waals surface area contributed by atoms with Crippen LogP contribution in [0.3, 0.4) is 0 Å². The number of unbranched alkanes of at least 4 members (excludes halogenated alkanes) is 2. The summed E-state index contributed by atoms with van der Waals surface area (Å²) in [5, 5.41) is 10.7. The van der Waals surface area contributed by atoms with Crippen LogP contribution in [0.25, 0.3) is 0 Å². The molecule has 0 saturated heterocycles.